The number of thiophene rings is 1. The molecule has 2 amide bonds. The number of carbonyl (C=O) groups is 2. The van der Waals surface area contributed by atoms with Gasteiger partial charge in [-0.3, -0.25) is 14.6 Å². The van der Waals surface area contributed by atoms with Crippen LogP contribution < -0.4 is 10.1 Å². The van der Waals surface area contributed by atoms with E-state index in [4.69, 9.17) is 4.74 Å². The molecule has 0 spiro atoms. The number of hydrogen-bond donors (Lipinski definition) is 1. The lowest BCUT2D eigenvalue weighted by atomic mass is 9.91. The average molecular weight is 452 g/mol. The van der Waals surface area contributed by atoms with E-state index in [-0.39, 0.29) is 11.8 Å². The number of likely N-dealkylation sites (tertiary alicyclic amines) is 1. The van der Waals surface area contributed by atoms with Gasteiger partial charge in [-0.05, 0) is 54.8 Å². The van der Waals surface area contributed by atoms with Gasteiger partial charge in [-0.15, -0.1) is 11.3 Å². The van der Waals surface area contributed by atoms with Crippen molar-refractivity contribution in [3.63, 3.8) is 0 Å². The molecule has 1 aromatic carbocycles. The molecule has 0 saturated carbocycles. The van der Waals surface area contributed by atoms with Gasteiger partial charge in [-0.2, -0.15) is 0 Å². The summed E-state index contributed by atoms with van der Waals surface area (Å²) in [6, 6.07) is 11.3. The third-order valence-corrected chi connectivity index (χ3v) is 7.19. The van der Waals surface area contributed by atoms with Crippen LogP contribution in [0.25, 0.3) is 10.1 Å². The summed E-state index contributed by atoms with van der Waals surface area (Å²) in [4.78, 5) is 32.0. The fourth-order valence-electron chi connectivity index (χ4n) is 4.26. The number of benzene rings is 1. The Morgan fingerprint density at radius 1 is 1.19 bits per heavy atom. The largest absolute Gasteiger partial charge is 0.496 e. The maximum Gasteiger partial charge on any atom is 0.261 e. The van der Waals surface area contributed by atoms with Crippen LogP contribution in [0, 0.1) is 5.92 Å². The van der Waals surface area contributed by atoms with E-state index in [1.165, 1.54) is 11.3 Å². The van der Waals surface area contributed by atoms with Crippen LogP contribution in [-0.2, 0) is 0 Å². The molecule has 3 aromatic rings. The first kappa shape index (κ1) is 22.3. The zero-order valence-electron chi connectivity index (χ0n) is 18.4. The van der Waals surface area contributed by atoms with Crippen LogP contribution in [0.1, 0.15) is 52.1 Å². The number of fused-ring (bicyclic) bond motifs is 1. The van der Waals surface area contributed by atoms with Gasteiger partial charge in [-0.25, -0.2) is 0 Å². The van der Waals surface area contributed by atoms with Gasteiger partial charge in [0.15, 0.2) is 0 Å². The Hall–Kier alpha value is -2.93. The second kappa shape index (κ2) is 10.6. The molecule has 0 bridgehead atoms. The van der Waals surface area contributed by atoms with E-state index >= 15 is 0 Å². The highest BCUT2D eigenvalue weighted by Gasteiger charge is 2.25. The number of nitrogens with zero attached hydrogens (tertiary/aromatic N) is 2. The molecule has 0 unspecified atom stereocenters. The Morgan fingerprint density at radius 3 is 2.78 bits per heavy atom. The van der Waals surface area contributed by atoms with Gasteiger partial charge in [0.2, 0.25) is 0 Å². The monoisotopic (exact) mass is 451 g/mol. The lowest BCUT2D eigenvalue weighted by molar-refractivity contribution is 0.0682. The number of nitrogens with one attached hydrogen (secondary N) is 1. The third kappa shape index (κ3) is 5.27. The van der Waals surface area contributed by atoms with Crippen LogP contribution in [0.5, 0.6) is 5.75 Å². The van der Waals surface area contributed by atoms with E-state index in [0.717, 1.165) is 60.2 Å². The summed E-state index contributed by atoms with van der Waals surface area (Å²) in [5.41, 5.74) is 0.638. The number of methoxy groups -OCH3 is 1. The lowest BCUT2D eigenvalue weighted by Gasteiger charge is -2.32. The molecule has 0 radical (unpaired) electrons. The number of unbranched alkanes of at least 4 members (excludes halogenated alkanes) is 1. The zero-order valence-corrected chi connectivity index (χ0v) is 19.2. The van der Waals surface area contributed by atoms with E-state index in [1.54, 1.807) is 19.5 Å². The van der Waals surface area contributed by atoms with Crippen molar-refractivity contribution in [2.24, 2.45) is 5.92 Å². The maximum atomic E-state index is 12.8. The van der Waals surface area contributed by atoms with Gasteiger partial charge < -0.3 is 15.0 Å². The smallest absolute Gasteiger partial charge is 0.261 e. The third-order valence-electron chi connectivity index (χ3n) is 6.11. The summed E-state index contributed by atoms with van der Waals surface area (Å²) in [7, 11) is 1.60. The Kier molecular flexibility index (Phi) is 7.37. The number of aromatic nitrogens is 1. The predicted octanol–water partition coefficient (Wildman–Crippen LogP) is 4.76. The van der Waals surface area contributed by atoms with Gasteiger partial charge in [0.05, 0.1) is 22.3 Å². The first-order valence-corrected chi connectivity index (χ1v) is 12.0. The van der Waals surface area contributed by atoms with Crippen molar-refractivity contribution in [2.45, 2.75) is 32.1 Å². The van der Waals surface area contributed by atoms with Crippen molar-refractivity contribution in [1.29, 1.82) is 0 Å². The van der Waals surface area contributed by atoms with Crippen LogP contribution >= 0.6 is 11.3 Å². The van der Waals surface area contributed by atoms with Crippen LogP contribution in [-0.4, -0.2) is 48.4 Å². The first-order valence-electron chi connectivity index (χ1n) is 11.2. The zero-order chi connectivity index (χ0) is 22.3. The van der Waals surface area contributed by atoms with Crippen LogP contribution in [0.3, 0.4) is 0 Å². The molecule has 4 rings (SSSR count). The molecular weight excluding hydrogens is 422 g/mol. The summed E-state index contributed by atoms with van der Waals surface area (Å²) in [5.74, 6) is 1.33. The number of para-hydroxylation sites is 1. The van der Waals surface area contributed by atoms with E-state index < -0.39 is 0 Å². The number of pyridine rings is 1. The molecule has 1 saturated heterocycles. The number of carbonyl (C=O) groups excluding carboxylic acids is 2. The van der Waals surface area contributed by atoms with Crippen LogP contribution in [0.15, 0.2) is 48.8 Å². The molecule has 0 aliphatic carbocycles. The van der Waals surface area contributed by atoms with Gasteiger partial charge in [0.1, 0.15) is 5.75 Å². The number of ether oxygens (including phenoxy) is 1. The second-order valence-electron chi connectivity index (χ2n) is 8.21. The number of hydrogen-bond acceptors (Lipinski definition) is 5. The highest BCUT2D eigenvalue weighted by atomic mass is 32.1. The second-order valence-corrected chi connectivity index (χ2v) is 9.30. The predicted molar refractivity (Wildman–Crippen MR) is 127 cm³/mol. The molecule has 1 N–H and O–H groups in total. The number of amides is 2. The molecular formula is C25H29N3O3S. The standard InChI is InChI=1S/C25H29N3O3S/c1-31-21-8-3-2-7-20(21)25(30)28-14-10-18(11-15-28)6-4-5-12-27-24(29)22-16-19-9-13-26-17-23(19)32-22/h2-3,7-9,13,16-18H,4-6,10-12,14-15H2,1H3,(H,27,29). The summed E-state index contributed by atoms with van der Waals surface area (Å²) in [6.45, 7) is 2.27. The fourth-order valence-corrected chi connectivity index (χ4v) is 5.21. The normalized spacial score (nSPS) is 14.5. The van der Waals surface area contributed by atoms with Gasteiger partial charge >= 0.3 is 0 Å². The van der Waals surface area contributed by atoms with Crippen LogP contribution in [0.4, 0.5) is 0 Å². The molecule has 0 atom stereocenters. The average Bonchev–Trinajstić information content (AvgIpc) is 3.28. The van der Waals surface area contributed by atoms with Crippen molar-refractivity contribution in [1.82, 2.24) is 15.2 Å². The topological polar surface area (TPSA) is 71.5 Å². The summed E-state index contributed by atoms with van der Waals surface area (Å²) < 4.78 is 6.37. The van der Waals surface area contributed by atoms with Crippen molar-refractivity contribution in [3.05, 3.63) is 59.2 Å². The van der Waals surface area contributed by atoms with E-state index in [1.807, 2.05) is 41.3 Å². The molecule has 32 heavy (non-hydrogen) atoms. The van der Waals surface area contributed by atoms with Gasteiger partial charge in [-0.1, -0.05) is 25.0 Å². The van der Waals surface area contributed by atoms with Crippen molar-refractivity contribution in [2.75, 3.05) is 26.7 Å². The molecule has 1 aliphatic rings. The quantitative estimate of drug-likeness (QED) is 0.502. The molecule has 1 aliphatic heterocycles. The molecule has 1 fully saturated rings. The highest BCUT2D eigenvalue weighted by molar-refractivity contribution is 7.20. The molecule has 6 nitrogen and oxygen atoms in total. The first-order chi connectivity index (χ1) is 15.7. The van der Waals surface area contributed by atoms with Gasteiger partial charge in [0.25, 0.3) is 11.8 Å². The molecule has 168 valence electrons. The summed E-state index contributed by atoms with van der Waals surface area (Å²) in [6.07, 6.45) is 8.80. The van der Waals surface area contributed by atoms with Crippen molar-refractivity contribution >= 4 is 33.2 Å². The summed E-state index contributed by atoms with van der Waals surface area (Å²) in [5, 5.41) is 4.10. The van der Waals surface area contributed by atoms with Crippen molar-refractivity contribution < 1.29 is 14.3 Å². The molecule has 7 heteroatoms. The number of piperidine rings is 1. The Labute approximate surface area is 192 Å². The molecule has 3 heterocycles. The molecule has 2 aromatic heterocycles. The Balaban J connectivity index is 1.15. The van der Waals surface area contributed by atoms with Crippen molar-refractivity contribution in [3.8, 4) is 5.75 Å². The summed E-state index contributed by atoms with van der Waals surface area (Å²) >= 11 is 1.48. The Bertz CT molecular complexity index is 1040. The van der Waals surface area contributed by atoms with Crippen LogP contribution in [0.2, 0.25) is 0 Å². The van der Waals surface area contributed by atoms with E-state index in [9.17, 15) is 9.59 Å². The number of rotatable bonds is 8. The Morgan fingerprint density at radius 2 is 2.00 bits per heavy atom. The minimum absolute atomic E-state index is 0.00522. The highest BCUT2D eigenvalue weighted by Crippen LogP contribution is 2.26. The maximum absolute atomic E-state index is 12.8. The fraction of sp³-hybridized carbons (Fsp3) is 0.400. The minimum atomic E-state index is -0.00522. The van der Waals surface area contributed by atoms with E-state index in [0.29, 0.717) is 23.8 Å². The lowest BCUT2D eigenvalue weighted by Crippen LogP contribution is -2.38. The van der Waals surface area contributed by atoms with Gasteiger partial charge in [0, 0.05) is 32.0 Å². The van der Waals surface area contributed by atoms with E-state index in [2.05, 4.69) is 10.3 Å². The minimum Gasteiger partial charge on any atom is -0.496 e. The SMILES string of the molecule is COc1ccccc1C(=O)N1CCC(CCCCNC(=O)c2cc3ccncc3s2)CC1.